The van der Waals surface area contributed by atoms with Crippen LogP contribution in [0.25, 0.3) is 33.2 Å². The molecule has 0 spiro atoms. The Hall–Kier alpha value is -2.55. The highest BCUT2D eigenvalue weighted by atomic mass is 15.1. The number of imidazole rings is 1. The molecule has 0 saturated heterocycles. The van der Waals surface area contributed by atoms with Crippen molar-refractivity contribution >= 4 is 21.9 Å². The molecular weight excluding hydrogens is 294 g/mol. The Morgan fingerprint density at radius 3 is 2.67 bits per heavy atom. The number of nitrogens with zero attached hydrogens (tertiary/aromatic N) is 3. The first-order chi connectivity index (χ1) is 11.6. The highest BCUT2D eigenvalue weighted by Gasteiger charge is 2.22. The second-order valence-corrected chi connectivity index (χ2v) is 6.98. The van der Waals surface area contributed by atoms with Crippen molar-refractivity contribution in [2.75, 3.05) is 0 Å². The Morgan fingerprint density at radius 1 is 0.958 bits per heavy atom. The van der Waals surface area contributed by atoms with Crippen LogP contribution in [0.4, 0.5) is 0 Å². The van der Waals surface area contributed by atoms with E-state index in [2.05, 4.69) is 66.3 Å². The smallest absolute Gasteiger partial charge is 0.106 e. The number of para-hydroxylation sites is 1. The zero-order chi connectivity index (χ0) is 16.4. The van der Waals surface area contributed by atoms with E-state index in [0.717, 1.165) is 30.9 Å². The topological polar surface area (TPSA) is 22.8 Å². The lowest BCUT2D eigenvalue weighted by Gasteiger charge is -2.18. The van der Waals surface area contributed by atoms with E-state index in [0.29, 0.717) is 0 Å². The lowest BCUT2D eigenvalue weighted by Crippen LogP contribution is -2.10. The Labute approximate surface area is 141 Å². The fourth-order valence-corrected chi connectivity index (χ4v) is 4.37. The SMILES string of the molecule is Cc1ccc2c(C)c3n(c2c1)CCCn1c(C)nc2cccc-3c21. The van der Waals surface area contributed by atoms with Crippen LogP contribution >= 0.6 is 0 Å². The minimum Gasteiger partial charge on any atom is -0.340 e. The van der Waals surface area contributed by atoms with Crippen LogP contribution in [0.1, 0.15) is 23.4 Å². The molecule has 0 unspecified atom stereocenters. The minimum absolute atomic E-state index is 1.03. The van der Waals surface area contributed by atoms with E-state index in [9.17, 15) is 0 Å². The molecule has 2 aromatic carbocycles. The summed E-state index contributed by atoms with van der Waals surface area (Å²) < 4.78 is 4.93. The van der Waals surface area contributed by atoms with Gasteiger partial charge in [0.15, 0.2) is 0 Å². The average molecular weight is 315 g/mol. The molecule has 0 atom stereocenters. The molecule has 0 fully saturated rings. The summed E-state index contributed by atoms with van der Waals surface area (Å²) in [6.45, 7) is 8.64. The maximum absolute atomic E-state index is 4.79. The monoisotopic (exact) mass is 315 g/mol. The molecule has 1 aliphatic heterocycles. The molecule has 0 radical (unpaired) electrons. The molecule has 4 aromatic rings. The van der Waals surface area contributed by atoms with E-state index in [1.165, 1.54) is 38.8 Å². The van der Waals surface area contributed by atoms with E-state index in [1.807, 2.05) is 0 Å². The van der Waals surface area contributed by atoms with Crippen molar-refractivity contribution in [3.63, 3.8) is 0 Å². The first-order valence-corrected chi connectivity index (χ1v) is 8.71. The van der Waals surface area contributed by atoms with Crippen LogP contribution in [0, 0.1) is 20.8 Å². The van der Waals surface area contributed by atoms with Crippen molar-refractivity contribution in [3.8, 4) is 11.3 Å². The molecule has 0 aliphatic carbocycles. The maximum atomic E-state index is 4.79. The van der Waals surface area contributed by atoms with Gasteiger partial charge in [-0.1, -0.05) is 24.3 Å². The molecule has 0 amide bonds. The van der Waals surface area contributed by atoms with Crippen LogP contribution in [0.3, 0.4) is 0 Å². The second-order valence-electron chi connectivity index (χ2n) is 6.98. The minimum atomic E-state index is 1.03. The van der Waals surface area contributed by atoms with Crippen LogP contribution in [0.2, 0.25) is 0 Å². The molecule has 0 bridgehead atoms. The van der Waals surface area contributed by atoms with Gasteiger partial charge in [-0.2, -0.15) is 0 Å². The van der Waals surface area contributed by atoms with Crippen molar-refractivity contribution in [1.29, 1.82) is 0 Å². The number of aryl methyl sites for hydroxylation is 5. The lowest BCUT2D eigenvalue weighted by atomic mass is 10.0. The van der Waals surface area contributed by atoms with Crippen molar-refractivity contribution in [3.05, 3.63) is 53.3 Å². The van der Waals surface area contributed by atoms with E-state index in [1.54, 1.807) is 0 Å². The van der Waals surface area contributed by atoms with E-state index in [-0.39, 0.29) is 0 Å². The lowest BCUT2D eigenvalue weighted by molar-refractivity contribution is 0.570. The van der Waals surface area contributed by atoms with E-state index >= 15 is 0 Å². The Morgan fingerprint density at radius 2 is 1.79 bits per heavy atom. The Balaban J connectivity index is 1.98. The number of hydrogen-bond donors (Lipinski definition) is 0. The summed E-state index contributed by atoms with van der Waals surface area (Å²) >= 11 is 0. The van der Waals surface area contributed by atoms with Crippen LogP contribution in [0.15, 0.2) is 36.4 Å². The molecule has 3 heterocycles. The largest absolute Gasteiger partial charge is 0.340 e. The zero-order valence-corrected chi connectivity index (χ0v) is 14.4. The molecule has 1 aliphatic rings. The van der Waals surface area contributed by atoms with Gasteiger partial charge in [0.05, 0.1) is 16.7 Å². The van der Waals surface area contributed by atoms with Crippen LogP contribution in [0.5, 0.6) is 0 Å². The Bertz CT molecular complexity index is 1110. The van der Waals surface area contributed by atoms with Crippen molar-refractivity contribution in [1.82, 2.24) is 14.1 Å². The van der Waals surface area contributed by atoms with E-state index < -0.39 is 0 Å². The predicted molar refractivity (Wildman–Crippen MR) is 99.5 cm³/mol. The summed E-state index contributed by atoms with van der Waals surface area (Å²) in [6.07, 6.45) is 1.13. The number of benzene rings is 2. The first-order valence-electron chi connectivity index (χ1n) is 8.71. The van der Waals surface area contributed by atoms with Crippen LogP contribution < -0.4 is 0 Å². The zero-order valence-electron chi connectivity index (χ0n) is 14.4. The molecule has 0 N–H and O–H groups in total. The van der Waals surface area contributed by atoms with Gasteiger partial charge in [0, 0.05) is 29.6 Å². The fraction of sp³-hybridized carbons (Fsp3) is 0.286. The molecule has 2 aromatic heterocycles. The van der Waals surface area contributed by atoms with Gasteiger partial charge in [-0.15, -0.1) is 0 Å². The van der Waals surface area contributed by atoms with E-state index in [4.69, 9.17) is 4.98 Å². The third-order valence-electron chi connectivity index (χ3n) is 5.45. The Kier molecular flexibility index (Phi) is 2.73. The first kappa shape index (κ1) is 13.8. The van der Waals surface area contributed by atoms with Gasteiger partial charge in [0.25, 0.3) is 0 Å². The van der Waals surface area contributed by atoms with Gasteiger partial charge in [-0.25, -0.2) is 4.98 Å². The average Bonchev–Trinajstić information content (AvgIpc) is 3.00. The second kappa shape index (κ2) is 4.73. The van der Waals surface area contributed by atoms with Crippen LogP contribution in [-0.2, 0) is 13.1 Å². The summed E-state index contributed by atoms with van der Waals surface area (Å²) in [7, 11) is 0. The third-order valence-corrected chi connectivity index (χ3v) is 5.45. The van der Waals surface area contributed by atoms with Gasteiger partial charge < -0.3 is 9.13 Å². The number of aromatic nitrogens is 3. The van der Waals surface area contributed by atoms with Gasteiger partial charge in [-0.05, 0) is 50.5 Å². The van der Waals surface area contributed by atoms with Gasteiger partial charge in [0.1, 0.15) is 5.82 Å². The molecule has 3 nitrogen and oxygen atoms in total. The maximum Gasteiger partial charge on any atom is 0.106 e. The molecule has 5 rings (SSSR count). The summed E-state index contributed by atoms with van der Waals surface area (Å²) in [6, 6.07) is 13.4. The normalized spacial score (nSPS) is 14.0. The summed E-state index contributed by atoms with van der Waals surface area (Å²) in [5.41, 5.74) is 9.15. The molecule has 0 saturated carbocycles. The van der Waals surface area contributed by atoms with Crippen molar-refractivity contribution in [2.45, 2.75) is 40.3 Å². The number of hydrogen-bond acceptors (Lipinski definition) is 1. The van der Waals surface area contributed by atoms with Gasteiger partial charge >= 0.3 is 0 Å². The van der Waals surface area contributed by atoms with Crippen molar-refractivity contribution in [2.24, 2.45) is 0 Å². The van der Waals surface area contributed by atoms with Crippen LogP contribution in [-0.4, -0.2) is 14.1 Å². The highest BCUT2D eigenvalue weighted by Crippen LogP contribution is 2.38. The highest BCUT2D eigenvalue weighted by molar-refractivity contribution is 5.99. The molecule has 3 heteroatoms. The number of fused-ring (bicyclic) bond motifs is 4. The third kappa shape index (κ3) is 1.70. The quantitative estimate of drug-likeness (QED) is 0.448. The number of rotatable bonds is 0. The summed E-state index contributed by atoms with van der Waals surface area (Å²) in [5.74, 6) is 1.12. The standard InChI is InChI=1S/C21H21N3/c1-13-8-9-16-14(2)20-17-6-4-7-18-21(17)23(15(3)22-18)10-5-11-24(20)19(16)12-13/h4,6-9,12H,5,10-11H2,1-3H3. The summed E-state index contributed by atoms with van der Waals surface area (Å²) in [4.78, 5) is 4.79. The molecular formula is C21H21N3. The van der Waals surface area contributed by atoms with Gasteiger partial charge in [-0.3, -0.25) is 0 Å². The van der Waals surface area contributed by atoms with Gasteiger partial charge in [0.2, 0.25) is 0 Å². The molecule has 120 valence electrons. The molecule has 24 heavy (non-hydrogen) atoms. The summed E-state index contributed by atoms with van der Waals surface area (Å²) in [5, 5.41) is 1.37. The fourth-order valence-electron chi connectivity index (χ4n) is 4.37. The predicted octanol–water partition coefficient (Wildman–Crippen LogP) is 4.99. The van der Waals surface area contributed by atoms with Crippen molar-refractivity contribution < 1.29 is 0 Å².